The normalized spacial score (nSPS) is 12.3. The molecule has 3 heterocycles. The predicted molar refractivity (Wildman–Crippen MR) is 92.2 cm³/mol. The molecule has 3 rings (SSSR count). The highest BCUT2D eigenvalue weighted by atomic mass is 32.1. The van der Waals surface area contributed by atoms with Crippen molar-refractivity contribution in [1.82, 2.24) is 30.0 Å². The van der Waals surface area contributed by atoms with Gasteiger partial charge in [-0.2, -0.15) is 16.4 Å². The monoisotopic (exact) mass is 342 g/mol. The number of nitrogens with zero attached hydrogens (tertiary/aromatic N) is 5. The molecule has 0 aliphatic carbocycles. The molecule has 0 saturated carbocycles. The minimum atomic E-state index is -0.138. The maximum Gasteiger partial charge on any atom is 0.251 e. The summed E-state index contributed by atoms with van der Waals surface area (Å²) in [6.07, 6.45) is 4.56. The van der Waals surface area contributed by atoms with Crippen molar-refractivity contribution in [2.75, 3.05) is 20.6 Å². The third kappa shape index (κ3) is 3.66. The van der Waals surface area contributed by atoms with Gasteiger partial charge in [0, 0.05) is 18.3 Å². The number of rotatable bonds is 6. The van der Waals surface area contributed by atoms with Crippen LogP contribution in [0.4, 0.5) is 0 Å². The number of hydrogen-bond acceptors (Lipinski definition) is 6. The van der Waals surface area contributed by atoms with E-state index < -0.39 is 0 Å². The smallest absolute Gasteiger partial charge is 0.251 e. The van der Waals surface area contributed by atoms with Gasteiger partial charge in [-0.3, -0.25) is 4.79 Å². The Balaban J connectivity index is 1.70. The number of amides is 1. The van der Waals surface area contributed by atoms with E-state index in [1.807, 2.05) is 19.5 Å². The Bertz CT molecular complexity index is 785. The molecular weight excluding hydrogens is 324 g/mol. The number of thiophene rings is 1. The van der Waals surface area contributed by atoms with E-state index in [-0.39, 0.29) is 11.9 Å². The van der Waals surface area contributed by atoms with Crippen LogP contribution in [0.2, 0.25) is 0 Å². The van der Waals surface area contributed by atoms with Crippen molar-refractivity contribution in [3.05, 3.63) is 58.9 Å². The summed E-state index contributed by atoms with van der Waals surface area (Å²) in [7, 11) is 4.01. The summed E-state index contributed by atoms with van der Waals surface area (Å²) < 4.78 is 1.52. The summed E-state index contributed by atoms with van der Waals surface area (Å²) in [6.45, 7) is 0.531. The average Bonchev–Trinajstić information content (AvgIpc) is 3.28. The van der Waals surface area contributed by atoms with Crippen molar-refractivity contribution in [2.45, 2.75) is 6.04 Å². The highest BCUT2D eigenvalue weighted by Crippen LogP contribution is 2.20. The third-order valence-corrected chi connectivity index (χ3v) is 4.37. The molecule has 0 aliphatic rings. The molecule has 0 bridgehead atoms. The van der Waals surface area contributed by atoms with Crippen LogP contribution < -0.4 is 5.32 Å². The zero-order valence-corrected chi connectivity index (χ0v) is 14.3. The van der Waals surface area contributed by atoms with Gasteiger partial charge in [-0.25, -0.2) is 14.6 Å². The maximum absolute atomic E-state index is 12.5. The highest BCUT2D eigenvalue weighted by molar-refractivity contribution is 7.07. The molecule has 3 aromatic heterocycles. The number of carbonyl (C=O) groups is 1. The second-order valence-corrected chi connectivity index (χ2v) is 6.27. The summed E-state index contributed by atoms with van der Waals surface area (Å²) in [5.74, 6) is 0.419. The molecule has 0 spiro atoms. The molecule has 1 atom stereocenters. The number of carbonyl (C=O) groups excluding carboxylic acids is 1. The standard InChI is InChI=1S/C16H18N6OS/c1-21(2)14(13-4-6-24-9-13)8-19-16(23)12-3-5-18-15(7-12)22-11-17-10-20-22/h3-7,9-11,14H,8H2,1-2H3,(H,19,23)/t14-/m1/s1. The molecule has 24 heavy (non-hydrogen) atoms. The Hall–Kier alpha value is -2.58. The van der Waals surface area contributed by atoms with Crippen LogP contribution in [0.25, 0.3) is 5.82 Å². The van der Waals surface area contributed by atoms with Crippen LogP contribution in [-0.2, 0) is 0 Å². The van der Waals surface area contributed by atoms with Crippen molar-refractivity contribution < 1.29 is 4.79 Å². The van der Waals surface area contributed by atoms with Crippen molar-refractivity contribution in [1.29, 1.82) is 0 Å². The van der Waals surface area contributed by atoms with Crippen LogP contribution in [0.5, 0.6) is 0 Å². The number of likely N-dealkylation sites (N-methyl/N-ethyl adjacent to an activating group) is 1. The molecule has 8 heteroatoms. The topological polar surface area (TPSA) is 75.9 Å². The van der Waals surface area contributed by atoms with E-state index in [2.05, 4.69) is 36.7 Å². The first kappa shape index (κ1) is 16.3. The summed E-state index contributed by atoms with van der Waals surface area (Å²) in [6, 6.07) is 5.60. The summed E-state index contributed by atoms with van der Waals surface area (Å²) in [5, 5.41) is 11.2. The van der Waals surface area contributed by atoms with Crippen molar-refractivity contribution >= 4 is 17.2 Å². The van der Waals surface area contributed by atoms with Crippen LogP contribution in [0.3, 0.4) is 0 Å². The minimum absolute atomic E-state index is 0.136. The summed E-state index contributed by atoms with van der Waals surface area (Å²) >= 11 is 1.65. The second kappa shape index (κ2) is 7.33. The van der Waals surface area contributed by atoms with E-state index in [9.17, 15) is 4.79 Å². The fourth-order valence-electron chi connectivity index (χ4n) is 2.37. The maximum atomic E-state index is 12.5. The number of pyridine rings is 1. The molecule has 0 fully saturated rings. The molecule has 124 valence electrons. The lowest BCUT2D eigenvalue weighted by molar-refractivity contribution is 0.0942. The van der Waals surface area contributed by atoms with Gasteiger partial charge >= 0.3 is 0 Å². The van der Waals surface area contributed by atoms with E-state index in [4.69, 9.17) is 0 Å². The SMILES string of the molecule is CN(C)[C@H](CNC(=O)c1ccnc(-n2cncn2)c1)c1ccsc1. The lowest BCUT2D eigenvalue weighted by Crippen LogP contribution is -2.34. The van der Waals surface area contributed by atoms with Gasteiger partial charge in [0.1, 0.15) is 12.7 Å². The first-order chi connectivity index (χ1) is 11.6. The largest absolute Gasteiger partial charge is 0.350 e. The Morgan fingerprint density at radius 1 is 1.42 bits per heavy atom. The molecule has 0 radical (unpaired) electrons. The Morgan fingerprint density at radius 2 is 2.29 bits per heavy atom. The molecule has 0 unspecified atom stereocenters. The first-order valence-corrected chi connectivity index (χ1v) is 8.37. The van der Waals surface area contributed by atoms with Crippen LogP contribution in [0, 0.1) is 0 Å². The van der Waals surface area contributed by atoms with Gasteiger partial charge in [-0.05, 0) is 48.6 Å². The predicted octanol–water partition coefficient (Wildman–Crippen LogP) is 1.76. The Labute approximate surface area is 144 Å². The molecule has 0 saturated heterocycles. The van der Waals surface area contributed by atoms with Crippen LogP contribution in [0.15, 0.2) is 47.8 Å². The summed E-state index contributed by atoms with van der Waals surface area (Å²) in [5.41, 5.74) is 1.74. The van der Waals surface area contributed by atoms with Crippen LogP contribution >= 0.6 is 11.3 Å². The first-order valence-electron chi connectivity index (χ1n) is 7.43. The van der Waals surface area contributed by atoms with Crippen molar-refractivity contribution in [2.24, 2.45) is 0 Å². The van der Waals surface area contributed by atoms with Crippen molar-refractivity contribution in [3.8, 4) is 5.82 Å². The number of hydrogen-bond donors (Lipinski definition) is 1. The zero-order valence-electron chi connectivity index (χ0n) is 13.5. The molecule has 1 amide bonds. The van der Waals surface area contributed by atoms with Gasteiger partial charge in [0.15, 0.2) is 5.82 Å². The minimum Gasteiger partial charge on any atom is -0.350 e. The van der Waals surface area contributed by atoms with Crippen LogP contribution in [0.1, 0.15) is 22.0 Å². The fourth-order valence-corrected chi connectivity index (χ4v) is 3.07. The lowest BCUT2D eigenvalue weighted by Gasteiger charge is -2.24. The van der Waals surface area contributed by atoms with Crippen LogP contribution in [-0.4, -0.2) is 51.2 Å². The Kier molecular flexibility index (Phi) is 4.97. The van der Waals surface area contributed by atoms with E-state index >= 15 is 0 Å². The fraction of sp³-hybridized carbons (Fsp3) is 0.250. The summed E-state index contributed by atoms with van der Waals surface area (Å²) in [4.78, 5) is 22.6. The van der Waals surface area contributed by atoms with E-state index in [1.165, 1.54) is 16.6 Å². The van der Waals surface area contributed by atoms with Gasteiger partial charge in [0.2, 0.25) is 0 Å². The van der Waals surface area contributed by atoms with Crippen molar-refractivity contribution in [3.63, 3.8) is 0 Å². The van der Waals surface area contributed by atoms with Gasteiger partial charge in [0.25, 0.3) is 5.91 Å². The quantitative estimate of drug-likeness (QED) is 0.739. The molecule has 1 N–H and O–H groups in total. The van der Waals surface area contributed by atoms with Gasteiger partial charge in [-0.1, -0.05) is 0 Å². The zero-order chi connectivity index (χ0) is 16.9. The molecule has 0 aliphatic heterocycles. The second-order valence-electron chi connectivity index (χ2n) is 5.49. The average molecular weight is 342 g/mol. The third-order valence-electron chi connectivity index (χ3n) is 3.67. The van der Waals surface area contributed by atoms with E-state index in [0.717, 1.165) is 0 Å². The van der Waals surface area contributed by atoms with E-state index in [1.54, 1.807) is 36.0 Å². The molecule has 0 aromatic carbocycles. The highest BCUT2D eigenvalue weighted by Gasteiger charge is 2.16. The molecular formula is C16H18N6OS. The van der Waals surface area contributed by atoms with Gasteiger partial charge < -0.3 is 10.2 Å². The van der Waals surface area contributed by atoms with Gasteiger partial charge in [-0.15, -0.1) is 0 Å². The molecule has 7 nitrogen and oxygen atoms in total. The lowest BCUT2D eigenvalue weighted by atomic mass is 10.1. The van der Waals surface area contributed by atoms with Gasteiger partial charge in [0.05, 0.1) is 6.04 Å². The number of aromatic nitrogens is 4. The molecule has 3 aromatic rings. The Morgan fingerprint density at radius 3 is 2.96 bits per heavy atom. The van der Waals surface area contributed by atoms with E-state index in [0.29, 0.717) is 17.9 Å². The number of nitrogens with one attached hydrogen (secondary N) is 1.